The summed E-state index contributed by atoms with van der Waals surface area (Å²) in [5, 5.41) is 5.90. The second kappa shape index (κ2) is 8.19. The molecule has 3 N–H and O–H groups in total. The van der Waals surface area contributed by atoms with Gasteiger partial charge in [0.05, 0.1) is 5.75 Å². The van der Waals surface area contributed by atoms with E-state index in [1.54, 1.807) is 12.1 Å². The summed E-state index contributed by atoms with van der Waals surface area (Å²) in [7, 11) is 0. The molecule has 26 heavy (non-hydrogen) atoms. The standard InChI is InChI=1S/C19H26ClN3O2S/c1-3-13(2)21-17(24)16-12-26-19(22-16)7-9-23(10-8-19)18(25)14-5-4-6-15(20)11-14/h4-6,11,13,16,22H,3,7-10,12H2,1-2H3,(H,21,24)/p+1/t13-,16-/m1/s1. The predicted molar refractivity (Wildman–Crippen MR) is 105 cm³/mol. The minimum Gasteiger partial charge on any atom is -0.348 e. The van der Waals surface area contributed by atoms with Crippen molar-refractivity contribution in [3.05, 3.63) is 34.9 Å². The Hall–Kier alpha value is -1.24. The van der Waals surface area contributed by atoms with Crippen molar-refractivity contribution >= 4 is 35.2 Å². The van der Waals surface area contributed by atoms with Crippen molar-refractivity contribution in [3.63, 3.8) is 0 Å². The van der Waals surface area contributed by atoms with Gasteiger partial charge in [-0.25, -0.2) is 0 Å². The highest BCUT2D eigenvalue weighted by Gasteiger charge is 2.48. The van der Waals surface area contributed by atoms with Gasteiger partial charge in [0.1, 0.15) is 4.87 Å². The molecule has 142 valence electrons. The number of carbonyl (C=O) groups is 2. The van der Waals surface area contributed by atoms with Gasteiger partial charge < -0.3 is 15.5 Å². The smallest absolute Gasteiger partial charge is 0.279 e. The first-order valence-corrected chi connectivity index (χ1v) is 10.6. The predicted octanol–water partition coefficient (Wildman–Crippen LogP) is 1.87. The molecule has 2 amide bonds. The Morgan fingerprint density at radius 3 is 2.81 bits per heavy atom. The van der Waals surface area contributed by atoms with Gasteiger partial charge >= 0.3 is 0 Å². The Kier molecular flexibility index (Phi) is 6.15. The van der Waals surface area contributed by atoms with Crippen LogP contribution in [-0.4, -0.2) is 52.5 Å². The monoisotopic (exact) mass is 396 g/mol. The summed E-state index contributed by atoms with van der Waals surface area (Å²) in [6, 6.07) is 7.31. The quantitative estimate of drug-likeness (QED) is 0.816. The van der Waals surface area contributed by atoms with Crippen LogP contribution < -0.4 is 10.6 Å². The minimum absolute atomic E-state index is 0.0239. The molecule has 2 atom stereocenters. The van der Waals surface area contributed by atoms with Crippen LogP contribution in [0.5, 0.6) is 0 Å². The first-order chi connectivity index (χ1) is 12.4. The lowest BCUT2D eigenvalue weighted by atomic mass is 10.0. The Labute approximate surface area is 164 Å². The summed E-state index contributed by atoms with van der Waals surface area (Å²) < 4.78 is 0. The lowest BCUT2D eigenvalue weighted by molar-refractivity contribution is -0.714. The van der Waals surface area contributed by atoms with Crippen LogP contribution in [0.25, 0.3) is 0 Å². The van der Waals surface area contributed by atoms with Gasteiger partial charge in [-0.3, -0.25) is 9.59 Å². The number of nitrogens with one attached hydrogen (secondary N) is 1. The highest BCUT2D eigenvalue weighted by Crippen LogP contribution is 2.34. The van der Waals surface area contributed by atoms with Crippen molar-refractivity contribution in [2.24, 2.45) is 0 Å². The zero-order valence-corrected chi connectivity index (χ0v) is 16.9. The number of carbonyl (C=O) groups excluding carboxylic acids is 2. The summed E-state index contributed by atoms with van der Waals surface area (Å²) >= 11 is 7.87. The number of halogens is 1. The minimum atomic E-state index is -0.0239. The third-order valence-corrected chi connectivity index (χ3v) is 7.24. The number of thioether (sulfide) groups is 1. The molecular formula is C19H27ClN3O2S+. The number of benzene rings is 1. The molecule has 0 radical (unpaired) electrons. The first kappa shape index (κ1) is 19.5. The number of amides is 2. The first-order valence-electron chi connectivity index (χ1n) is 9.27. The lowest BCUT2D eigenvalue weighted by Crippen LogP contribution is -3.00. The molecule has 2 saturated heterocycles. The van der Waals surface area contributed by atoms with E-state index in [0.717, 1.165) is 25.0 Å². The van der Waals surface area contributed by atoms with Crippen molar-refractivity contribution in [1.82, 2.24) is 10.2 Å². The average Bonchev–Trinajstić information content (AvgIpc) is 3.05. The normalized spacial score (nSPS) is 23.0. The van der Waals surface area contributed by atoms with E-state index in [1.165, 1.54) is 0 Å². The molecule has 5 nitrogen and oxygen atoms in total. The molecule has 0 unspecified atom stereocenters. The molecule has 0 aromatic heterocycles. The maximum Gasteiger partial charge on any atom is 0.279 e. The molecule has 2 aliphatic rings. The molecule has 0 aliphatic carbocycles. The van der Waals surface area contributed by atoms with Gasteiger partial charge in [0.25, 0.3) is 11.8 Å². The number of hydrogen-bond acceptors (Lipinski definition) is 3. The molecule has 1 spiro atoms. The van der Waals surface area contributed by atoms with Crippen LogP contribution in [-0.2, 0) is 4.79 Å². The number of likely N-dealkylation sites (tertiary alicyclic amines) is 1. The lowest BCUT2D eigenvalue weighted by Gasteiger charge is -2.36. The second-order valence-electron chi connectivity index (χ2n) is 7.27. The van der Waals surface area contributed by atoms with E-state index in [2.05, 4.69) is 17.6 Å². The number of hydrogen-bond donors (Lipinski definition) is 2. The van der Waals surface area contributed by atoms with Crippen LogP contribution in [0.4, 0.5) is 0 Å². The SMILES string of the molecule is CC[C@@H](C)NC(=O)[C@H]1CSC2(CCN(C(=O)c3cccc(Cl)c3)CC2)[NH2+]1. The van der Waals surface area contributed by atoms with Gasteiger partial charge in [-0.05, 0) is 31.5 Å². The molecular weight excluding hydrogens is 370 g/mol. The van der Waals surface area contributed by atoms with Gasteiger partial charge in [-0.15, -0.1) is 0 Å². The highest BCUT2D eigenvalue weighted by molar-refractivity contribution is 8.00. The summed E-state index contributed by atoms with van der Waals surface area (Å²) in [5.41, 5.74) is 0.641. The zero-order valence-electron chi connectivity index (χ0n) is 15.3. The van der Waals surface area contributed by atoms with Gasteiger partial charge in [-0.2, -0.15) is 0 Å². The van der Waals surface area contributed by atoms with E-state index < -0.39 is 0 Å². The molecule has 7 heteroatoms. The number of rotatable bonds is 4. The zero-order chi connectivity index (χ0) is 18.7. The van der Waals surface area contributed by atoms with E-state index >= 15 is 0 Å². The summed E-state index contributed by atoms with van der Waals surface area (Å²) in [4.78, 5) is 27.0. The van der Waals surface area contributed by atoms with Gasteiger partial charge in [-0.1, -0.05) is 36.4 Å². The van der Waals surface area contributed by atoms with Crippen molar-refractivity contribution < 1.29 is 14.9 Å². The number of nitrogens with zero attached hydrogens (tertiary/aromatic N) is 1. The number of quaternary nitrogens is 1. The maximum absolute atomic E-state index is 12.7. The molecule has 3 rings (SSSR count). The Morgan fingerprint density at radius 1 is 1.42 bits per heavy atom. The van der Waals surface area contributed by atoms with Gasteiger partial charge in [0.2, 0.25) is 0 Å². The van der Waals surface area contributed by atoms with E-state index in [-0.39, 0.29) is 28.8 Å². The van der Waals surface area contributed by atoms with Crippen molar-refractivity contribution in [2.75, 3.05) is 18.8 Å². The molecule has 1 aromatic carbocycles. The van der Waals surface area contributed by atoms with Crippen molar-refractivity contribution in [1.29, 1.82) is 0 Å². The molecule has 0 saturated carbocycles. The Balaban J connectivity index is 1.55. The maximum atomic E-state index is 12.7. The van der Waals surface area contributed by atoms with Crippen LogP contribution in [0.3, 0.4) is 0 Å². The van der Waals surface area contributed by atoms with E-state index in [4.69, 9.17) is 11.6 Å². The molecule has 2 heterocycles. The van der Waals surface area contributed by atoms with Crippen LogP contribution in [0, 0.1) is 0 Å². The fourth-order valence-electron chi connectivity index (χ4n) is 3.53. The van der Waals surface area contributed by atoms with E-state index in [9.17, 15) is 9.59 Å². The Bertz CT molecular complexity index is 677. The molecule has 1 aromatic rings. The average molecular weight is 397 g/mol. The van der Waals surface area contributed by atoms with Gasteiger partial charge in [0.15, 0.2) is 6.04 Å². The highest BCUT2D eigenvalue weighted by atomic mass is 35.5. The van der Waals surface area contributed by atoms with Crippen LogP contribution in [0.15, 0.2) is 24.3 Å². The van der Waals surface area contributed by atoms with Crippen LogP contribution in [0.1, 0.15) is 43.5 Å². The molecule has 0 bridgehead atoms. The third kappa shape index (κ3) is 4.35. The summed E-state index contributed by atoms with van der Waals surface area (Å²) in [5.74, 6) is 1.02. The molecule has 2 aliphatic heterocycles. The van der Waals surface area contributed by atoms with Gasteiger partial charge in [0, 0.05) is 42.6 Å². The van der Waals surface area contributed by atoms with Crippen LogP contribution in [0.2, 0.25) is 5.02 Å². The summed E-state index contributed by atoms with van der Waals surface area (Å²) in [6.07, 6.45) is 2.74. The van der Waals surface area contributed by atoms with Crippen molar-refractivity contribution in [2.45, 2.75) is 50.1 Å². The topological polar surface area (TPSA) is 66.0 Å². The van der Waals surface area contributed by atoms with E-state index in [0.29, 0.717) is 23.7 Å². The number of nitrogens with two attached hydrogens (primary N) is 1. The fourth-order valence-corrected chi connectivity index (χ4v) is 5.21. The van der Waals surface area contributed by atoms with E-state index in [1.807, 2.05) is 35.7 Å². The fraction of sp³-hybridized carbons (Fsp3) is 0.579. The summed E-state index contributed by atoms with van der Waals surface area (Å²) in [6.45, 7) is 5.55. The number of piperidine rings is 1. The third-order valence-electron chi connectivity index (χ3n) is 5.36. The van der Waals surface area contributed by atoms with Crippen LogP contribution >= 0.6 is 23.4 Å². The van der Waals surface area contributed by atoms with Crippen molar-refractivity contribution in [3.8, 4) is 0 Å². The largest absolute Gasteiger partial charge is 0.348 e. The molecule has 2 fully saturated rings. The Morgan fingerprint density at radius 2 is 2.15 bits per heavy atom. The second-order valence-corrected chi connectivity index (χ2v) is 9.14.